The van der Waals surface area contributed by atoms with E-state index in [0.29, 0.717) is 29.3 Å². The van der Waals surface area contributed by atoms with Crippen LogP contribution in [0.3, 0.4) is 0 Å². The average Bonchev–Trinajstić information content (AvgIpc) is 3.33. The molecule has 3 N–H and O–H groups in total. The first kappa shape index (κ1) is 52.0. The van der Waals surface area contributed by atoms with Gasteiger partial charge in [0.1, 0.15) is 23.9 Å². The lowest BCUT2D eigenvalue weighted by Gasteiger charge is -2.66. The van der Waals surface area contributed by atoms with Gasteiger partial charge in [0.05, 0.1) is 29.5 Å². The number of nitrogens with one attached hydrogen (secondary N) is 1. The number of esters is 4. The minimum absolute atomic E-state index is 0.0258. The van der Waals surface area contributed by atoms with Crippen molar-refractivity contribution in [2.75, 3.05) is 6.61 Å². The highest BCUT2D eigenvalue weighted by Gasteiger charge is 2.80. The molecule has 0 unspecified atom stereocenters. The van der Waals surface area contributed by atoms with Gasteiger partial charge in [-0.2, -0.15) is 0 Å². The van der Waals surface area contributed by atoms with Crippen LogP contribution in [0.1, 0.15) is 101 Å². The number of fused-ring (bicyclic) bond motifs is 5. The van der Waals surface area contributed by atoms with Crippen molar-refractivity contribution >= 4 is 49.7 Å². The Morgan fingerprint density at radius 2 is 1.36 bits per heavy atom. The molecule has 70 heavy (non-hydrogen) atoms. The number of hydrogen-bond acceptors (Lipinski definition) is 15. The molecule has 11 atom stereocenters. The summed E-state index contributed by atoms with van der Waals surface area (Å²) in [6, 6.07) is 25.7. The van der Waals surface area contributed by atoms with Gasteiger partial charge in [-0.25, -0.2) is 9.59 Å². The molecule has 3 fully saturated rings. The maximum absolute atomic E-state index is 15.8. The number of aliphatic hydroxyl groups excluding tert-OH is 1. The normalized spacial score (nSPS) is 29.9. The zero-order chi connectivity index (χ0) is 51.1. The molecule has 1 heterocycles. The van der Waals surface area contributed by atoms with Crippen molar-refractivity contribution < 1.29 is 71.9 Å². The van der Waals surface area contributed by atoms with E-state index in [0.717, 1.165) is 13.8 Å². The fraction of sp³-hybridized carbons (Fsp3) is 0.491. The topological polar surface area (TPSA) is 227 Å². The van der Waals surface area contributed by atoms with Gasteiger partial charge in [0.15, 0.2) is 43.8 Å². The van der Waals surface area contributed by atoms with E-state index in [1.54, 1.807) is 99.6 Å². The Morgan fingerprint density at radius 1 is 0.800 bits per heavy atom. The van der Waals surface area contributed by atoms with Crippen LogP contribution < -0.4 is 5.32 Å². The third-order valence-corrected chi connectivity index (χ3v) is 20.2. The first-order chi connectivity index (χ1) is 33.1. The van der Waals surface area contributed by atoms with E-state index in [1.165, 1.54) is 19.1 Å². The lowest BCUT2D eigenvalue weighted by atomic mass is 9.44. The third kappa shape index (κ3) is 8.73. The molecule has 3 aliphatic carbocycles. The molecule has 1 amide bonds. The summed E-state index contributed by atoms with van der Waals surface area (Å²) in [6.07, 6.45) is -11.4. The molecule has 0 spiro atoms. The van der Waals surface area contributed by atoms with E-state index in [4.69, 9.17) is 28.1 Å². The van der Waals surface area contributed by atoms with Gasteiger partial charge >= 0.3 is 23.9 Å². The van der Waals surface area contributed by atoms with Gasteiger partial charge in [0.25, 0.3) is 5.91 Å². The molecule has 1 aliphatic heterocycles. The zero-order valence-electron chi connectivity index (χ0n) is 41.0. The van der Waals surface area contributed by atoms with Crippen LogP contribution in [0, 0.1) is 16.7 Å². The molecule has 374 valence electrons. The third-order valence-electron chi connectivity index (χ3n) is 15.6. The van der Waals surface area contributed by atoms with Gasteiger partial charge in [-0.1, -0.05) is 101 Å². The molecule has 7 rings (SSSR count). The molecular formula is C53H63NO15Si. The second-order valence-corrected chi connectivity index (χ2v) is 24.4. The van der Waals surface area contributed by atoms with Gasteiger partial charge in [-0.05, 0) is 73.0 Å². The summed E-state index contributed by atoms with van der Waals surface area (Å²) in [5.41, 5.74) is -7.79. The lowest BCUT2D eigenvalue weighted by Crippen LogP contribution is -2.84. The van der Waals surface area contributed by atoms with E-state index < -0.39 is 133 Å². The molecule has 17 heteroatoms. The Bertz CT molecular complexity index is 2540. The number of carbonyl (C=O) groups excluding carboxylic acids is 7. The minimum Gasteiger partial charge on any atom is -0.456 e. The maximum Gasteiger partial charge on any atom is 0.338 e. The lowest BCUT2D eigenvalue weighted by molar-refractivity contribution is -0.327. The van der Waals surface area contributed by atoms with Crippen molar-refractivity contribution in [1.29, 1.82) is 0 Å². The van der Waals surface area contributed by atoms with Gasteiger partial charge < -0.3 is 43.6 Å². The monoisotopic (exact) mass is 981 g/mol. The van der Waals surface area contributed by atoms with Crippen molar-refractivity contribution in [3.63, 3.8) is 0 Å². The number of ether oxygens (including phenoxy) is 5. The highest BCUT2D eigenvalue weighted by atomic mass is 28.4. The Kier molecular flexibility index (Phi) is 14.7. The van der Waals surface area contributed by atoms with E-state index in [9.17, 15) is 34.2 Å². The SMILES string of the molecule is CC[Si](CC)(CC)O[C@@H](C(=O)O[C@H]1C[C@@]2(O)[C@@H](OC(=O)c3ccccc3)[C@@H]3[C@]4(OC(C)=O)CO[C@@H]4C(=O)[C@H](O)[C@@]3(C)C(=O)[C@H](OC(C)=O)C(=C1C)C2(C)C)[C@@H](NC(=O)c1ccccc1)c1ccccc1. The van der Waals surface area contributed by atoms with Crippen molar-refractivity contribution in [3.8, 4) is 0 Å². The number of benzene rings is 3. The van der Waals surface area contributed by atoms with E-state index >= 15 is 9.59 Å². The second-order valence-electron chi connectivity index (χ2n) is 19.6. The average molecular weight is 982 g/mol. The van der Waals surface area contributed by atoms with E-state index in [-0.39, 0.29) is 16.7 Å². The molecule has 16 nitrogen and oxygen atoms in total. The minimum atomic E-state index is -2.77. The number of Topliss-reactive ketones (excluding diaryl/α,β-unsaturated/α-hetero) is 2. The Morgan fingerprint density at radius 3 is 1.87 bits per heavy atom. The molecule has 2 saturated carbocycles. The summed E-state index contributed by atoms with van der Waals surface area (Å²) in [6.45, 7) is 13.4. The zero-order valence-corrected chi connectivity index (χ0v) is 42.0. The largest absolute Gasteiger partial charge is 0.456 e. The molecular weight excluding hydrogens is 919 g/mol. The van der Waals surface area contributed by atoms with Crippen molar-refractivity contribution in [2.45, 2.75) is 141 Å². The number of aliphatic hydroxyl groups is 2. The summed E-state index contributed by atoms with van der Waals surface area (Å²) in [7, 11) is -2.77. The van der Waals surface area contributed by atoms with Crippen LogP contribution in [0.25, 0.3) is 0 Å². The molecule has 0 radical (unpaired) electrons. The highest BCUT2D eigenvalue weighted by Crippen LogP contribution is 2.64. The fourth-order valence-electron chi connectivity index (χ4n) is 11.5. The second kappa shape index (κ2) is 19.7. The van der Waals surface area contributed by atoms with E-state index in [1.807, 2.05) is 20.8 Å². The molecule has 4 aliphatic rings. The quantitative estimate of drug-likeness (QED) is 0.0693. The summed E-state index contributed by atoms with van der Waals surface area (Å²) >= 11 is 0. The number of rotatable bonds is 15. The van der Waals surface area contributed by atoms with Crippen LogP contribution in [0.15, 0.2) is 102 Å². The van der Waals surface area contributed by atoms with Crippen LogP contribution in [-0.4, -0.2) is 114 Å². The van der Waals surface area contributed by atoms with Crippen LogP contribution in [-0.2, 0) is 52.1 Å². The Balaban J connectivity index is 1.46. The molecule has 3 aromatic rings. The molecule has 1 saturated heterocycles. The van der Waals surface area contributed by atoms with Gasteiger partial charge in [0, 0.05) is 31.2 Å². The van der Waals surface area contributed by atoms with Gasteiger partial charge in [-0.15, -0.1) is 0 Å². The predicted molar refractivity (Wildman–Crippen MR) is 254 cm³/mol. The van der Waals surface area contributed by atoms with E-state index in [2.05, 4.69) is 5.32 Å². The van der Waals surface area contributed by atoms with Crippen LogP contribution >= 0.6 is 0 Å². The molecule has 3 aromatic carbocycles. The Hall–Kier alpha value is -5.85. The highest BCUT2D eigenvalue weighted by molar-refractivity contribution is 6.73. The first-order valence-electron chi connectivity index (χ1n) is 23.8. The van der Waals surface area contributed by atoms with Crippen molar-refractivity contribution in [3.05, 3.63) is 119 Å². The molecule has 2 bridgehead atoms. The maximum atomic E-state index is 15.8. The smallest absolute Gasteiger partial charge is 0.338 e. The number of hydrogen-bond donors (Lipinski definition) is 3. The predicted octanol–water partition coefficient (Wildman–Crippen LogP) is 5.94. The van der Waals surface area contributed by atoms with Gasteiger partial charge in [-0.3, -0.25) is 24.0 Å². The summed E-state index contributed by atoms with van der Waals surface area (Å²) < 4.78 is 37.7. The summed E-state index contributed by atoms with van der Waals surface area (Å²) in [4.78, 5) is 100. The Labute approximate surface area is 408 Å². The van der Waals surface area contributed by atoms with Crippen molar-refractivity contribution in [2.24, 2.45) is 16.7 Å². The standard InChI is InChI=1S/C53H63NO15Si/c1-10-70(11-2,12-3)69-41(38(33-22-16-13-17-23-33)54-47(60)34-24-18-14-19-25-34)49(62)66-36-28-53(63)46(67-48(61)35-26-20-15-21-27-35)42-51(9,43(58)39(57)45-52(42,29-64-45)68-32(6)56)44(59)40(65-31(5)55)37(30(36)4)50(53,7)8/h13-27,36,38,40-43,45-46,58,63H,10-12,28-29H2,1-9H3,(H,54,60)/t36-,38-,40+,41+,42-,43-,45+,46-,51-,52+,53+/m0/s1. The number of amides is 1. The first-order valence-corrected chi connectivity index (χ1v) is 26.3. The van der Waals surface area contributed by atoms with Crippen molar-refractivity contribution in [1.82, 2.24) is 5.32 Å². The number of carbonyl (C=O) groups is 7. The summed E-state index contributed by atoms with van der Waals surface area (Å²) in [5.74, 6) is -8.13. The van der Waals surface area contributed by atoms with Crippen LogP contribution in [0.2, 0.25) is 18.1 Å². The number of ketones is 2. The summed E-state index contributed by atoms with van der Waals surface area (Å²) in [5, 5.41) is 29.2. The fourth-order valence-corrected chi connectivity index (χ4v) is 14.2. The van der Waals surface area contributed by atoms with Gasteiger partial charge in [0.2, 0.25) is 0 Å². The van der Waals surface area contributed by atoms with Crippen LogP contribution in [0.5, 0.6) is 0 Å². The van der Waals surface area contributed by atoms with Crippen LogP contribution in [0.4, 0.5) is 0 Å². The molecule has 0 aromatic heterocycles.